The summed E-state index contributed by atoms with van der Waals surface area (Å²) in [4.78, 5) is 12.3. The molecule has 1 amide bonds. The minimum Gasteiger partial charge on any atom is -0.396 e. The summed E-state index contributed by atoms with van der Waals surface area (Å²) in [6.45, 7) is 2.52. The molecule has 18 heavy (non-hydrogen) atoms. The van der Waals surface area contributed by atoms with E-state index in [1.54, 1.807) is 0 Å². The summed E-state index contributed by atoms with van der Waals surface area (Å²) in [5, 5.41) is 11.5. The summed E-state index contributed by atoms with van der Waals surface area (Å²) in [7, 11) is 0. The fourth-order valence-electron chi connectivity index (χ4n) is 1.65. The van der Waals surface area contributed by atoms with Crippen LogP contribution in [0, 0.1) is 11.7 Å². The van der Waals surface area contributed by atoms with Crippen molar-refractivity contribution in [3.63, 3.8) is 0 Å². The zero-order valence-electron chi connectivity index (χ0n) is 10.3. The number of aliphatic hydroxyl groups is 1. The van der Waals surface area contributed by atoms with Gasteiger partial charge in [-0.25, -0.2) is 4.39 Å². The van der Waals surface area contributed by atoms with E-state index in [1.807, 2.05) is 6.92 Å². The van der Waals surface area contributed by atoms with Gasteiger partial charge in [0, 0.05) is 18.0 Å². The molecule has 0 aliphatic carbocycles. The molecule has 3 nitrogen and oxygen atoms in total. The molecule has 0 aliphatic heterocycles. The predicted octanol–water partition coefficient (Wildman–Crippen LogP) is 2.25. The summed E-state index contributed by atoms with van der Waals surface area (Å²) >= 11 is 4.08. The first-order valence-corrected chi connectivity index (χ1v) is 6.40. The molecule has 0 spiro atoms. The van der Waals surface area contributed by atoms with Gasteiger partial charge in [-0.15, -0.1) is 12.6 Å². The predicted molar refractivity (Wildman–Crippen MR) is 71.5 cm³/mol. The van der Waals surface area contributed by atoms with Crippen LogP contribution in [0.1, 0.15) is 30.1 Å². The number of carbonyl (C=O) groups excluding carboxylic acids is 1. The third kappa shape index (κ3) is 4.31. The van der Waals surface area contributed by atoms with Gasteiger partial charge in [0.1, 0.15) is 5.82 Å². The molecular formula is C13H18FNO2S. The Hall–Kier alpha value is -1.07. The van der Waals surface area contributed by atoms with Crippen molar-refractivity contribution in [1.82, 2.24) is 5.32 Å². The molecule has 2 N–H and O–H groups in total. The molecule has 1 unspecified atom stereocenters. The zero-order chi connectivity index (χ0) is 13.5. The van der Waals surface area contributed by atoms with E-state index in [0.29, 0.717) is 17.9 Å². The molecule has 0 bridgehead atoms. The average molecular weight is 271 g/mol. The van der Waals surface area contributed by atoms with E-state index >= 15 is 0 Å². The Balaban J connectivity index is 2.62. The van der Waals surface area contributed by atoms with E-state index in [4.69, 9.17) is 5.11 Å². The molecule has 0 aliphatic rings. The van der Waals surface area contributed by atoms with Crippen LogP contribution < -0.4 is 5.32 Å². The number of thiol groups is 1. The molecule has 1 atom stereocenters. The topological polar surface area (TPSA) is 49.3 Å². The Labute approximate surface area is 112 Å². The Morgan fingerprint density at radius 2 is 2.28 bits per heavy atom. The van der Waals surface area contributed by atoms with Crippen LogP contribution in [0.25, 0.3) is 0 Å². The van der Waals surface area contributed by atoms with E-state index in [2.05, 4.69) is 17.9 Å². The highest BCUT2D eigenvalue weighted by atomic mass is 32.1. The molecule has 0 radical (unpaired) electrons. The highest BCUT2D eigenvalue weighted by Crippen LogP contribution is 2.14. The average Bonchev–Trinajstić information content (AvgIpc) is 2.37. The van der Waals surface area contributed by atoms with Crippen LogP contribution in [-0.2, 0) is 0 Å². The molecule has 0 saturated carbocycles. The monoisotopic (exact) mass is 271 g/mol. The maximum absolute atomic E-state index is 13.4. The second-order valence-corrected chi connectivity index (χ2v) is 4.68. The molecular weight excluding hydrogens is 253 g/mol. The molecule has 100 valence electrons. The number of amides is 1. The van der Waals surface area contributed by atoms with Crippen molar-refractivity contribution in [2.75, 3.05) is 13.2 Å². The summed E-state index contributed by atoms with van der Waals surface area (Å²) in [6.07, 6.45) is 1.49. The van der Waals surface area contributed by atoms with E-state index in [1.165, 1.54) is 18.2 Å². The highest BCUT2D eigenvalue weighted by Gasteiger charge is 2.13. The third-order valence-electron chi connectivity index (χ3n) is 2.86. The van der Waals surface area contributed by atoms with Crippen molar-refractivity contribution in [1.29, 1.82) is 0 Å². The Morgan fingerprint density at radius 3 is 2.89 bits per heavy atom. The SMILES string of the molecule is CCC(CCO)CNC(=O)c1cc(S)ccc1F. The van der Waals surface area contributed by atoms with E-state index in [9.17, 15) is 9.18 Å². The number of aliphatic hydroxyl groups excluding tert-OH is 1. The lowest BCUT2D eigenvalue weighted by molar-refractivity contribution is 0.0939. The normalized spacial score (nSPS) is 12.2. The van der Waals surface area contributed by atoms with Crippen LogP contribution in [0.4, 0.5) is 4.39 Å². The number of benzene rings is 1. The number of nitrogens with one attached hydrogen (secondary N) is 1. The smallest absolute Gasteiger partial charge is 0.254 e. The van der Waals surface area contributed by atoms with Gasteiger partial charge in [0.05, 0.1) is 5.56 Å². The minimum absolute atomic E-state index is 0.00125. The van der Waals surface area contributed by atoms with Gasteiger partial charge in [-0.05, 0) is 30.5 Å². The molecule has 0 fully saturated rings. The van der Waals surface area contributed by atoms with Gasteiger partial charge < -0.3 is 10.4 Å². The lowest BCUT2D eigenvalue weighted by atomic mass is 10.0. The van der Waals surface area contributed by atoms with Gasteiger partial charge in [-0.2, -0.15) is 0 Å². The first-order valence-electron chi connectivity index (χ1n) is 5.96. The Bertz CT molecular complexity index is 412. The van der Waals surface area contributed by atoms with Gasteiger partial charge in [0.15, 0.2) is 0 Å². The summed E-state index contributed by atoms with van der Waals surface area (Å²) in [6, 6.07) is 4.12. The molecule has 1 aromatic rings. The van der Waals surface area contributed by atoms with Crippen molar-refractivity contribution in [3.8, 4) is 0 Å². The molecule has 5 heteroatoms. The Morgan fingerprint density at radius 1 is 1.56 bits per heavy atom. The minimum atomic E-state index is -0.555. The van der Waals surface area contributed by atoms with Crippen LogP contribution in [0.3, 0.4) is 0 Å². The lowest BCUT2D eigenvalue weighted by Gasteiger charge is -2.14. The number of halogens is 1. The largest absolute Gasteiger partial charge is 0.396 e. The molecule has 1 rings (SSSR count). The number of hydrogen-bond acceptors (Lipinski definition) is 3. The maximum atomic E-state index is 13.4. The molecule has 0 aromatic heterocycles. The van der Waals surface area contributed by atoms with Gasteiger partial charge in [-0.1, -0.05) is 13.3 Å². The van der Waals surface area contributed by atoms with Gasteiger partial charge in [0.25, 0.3) is 5.91 Å². The van der Waals surface area contributed by atoms with E-state index < -0.39 is 11.7 Å². The Kier molecular flexibility index (Phi) is 6.15. The fraction of sp³-hybridized carbons (Fsp3) is 0.462. The van der Waals surface area contributed by atoms with E-state index in [-0.39, 0.29) is 18.1 Å². The van der Waals surface area contributed by atoms with Gasteiger partial charge in [-0.3, -0.25) is 4.79 Å². The molecule has 0 saturated heterocycles. The second kappa shape index (κ2) is 7.38. The van der Waals surface area contributed by atoms with Gasteiger partial charge >= 0.3 is 0 Å². The molecule has 0 heterocycles. The molecule has 1 aromatic carbocycles. The summed E-state index contributed by atoms with van der Waals surface area (Å²) in [5.41, 5.74) is 0.00125. The quantitative estimate of drug-likeness (QED) is 0.695. The highest BCUT2D eigenvalue weighted by molar-refractivity contribution is 7.80. The van der Waals surface area contributed by atoms with Crippen molar-refractivity contribution in [2.24, 2.45) is 5.92 Å². The third-order valence-corrected chi connectivity index (χ3v) is 3.14. The summed E-state index contributed by atoms with van der Waals surface area (Å²) < 4.78 is 13.4. The van der Waals surface area contributed by atoms with Crippen molar-refractivity contribution < 1.29 is 14.3 Å². The first-order chi connectivity index (χ1) is 8.58. The second-order valence-electron chi connectivity index (χ2n) is 4.16. The van der Waals surface area contributed by atoms with Crippen LogP contribution >= 0.6 is 12.6 Å². The zero-order valence-corrected chi connectivity index (χ0v) is 11.2. The fourth-order valence-corrected chi connectivity index (χ4v) is 1.86. The van der Waals surface area contributed by atoms with Crippen LogP contribution in [0.15, 0.2) is 23.1 Å². The van der Waals surface area contributed by atoms with Crippen molar-refractivity contribution >= 4 is 18.5 Å². The van der Waals surface area contributed by atoms with Crippen LogP contribution in [0.5, 0.6) is 0 Å². The number of rotatable bonds is 6. The first kappa shape index (κ1) is 15.0. The van der Waals surface area contributed by atoms with Gasteiger partial charge in [0.2, 0.25) is 0 Å². The standard InChI is InChI=1S/C13H18FNO2S/c1-2-9(5-6-16)8-15-13(17)11-7-10(18)3-4-12(11)14/h3-4,7,9,16,18H,2,5-6,8H2,1H3,(H,15,17). The lowest BCUT2D eigenvalue weighted by Crippen LogP contribution is -2.30. The van der Waals surface area contributed by atoms with Crippen molar-refractivity contribution in [3.05, 3.63) is 29.6 Å². The summed E-state index contributed by atoms with van der Waals surface area (Å²) in [5.74, 6) is -0.790. The van der Waals surface area contributed by atoms with Crippen LogP contribution in [-0.4, -0.2) is 24.2 Å². The number of hydrogen-bond donors (Lipinski definition) is 3. The van der Waals surface area contributed by atoms with E-state index in [0.717, 1.165) is 6.42 Å². The maximum Gasteiger partial charge on any atom is 0.254 e. The number of carbonyl (C=O) groups is 1. The van der Waals surface area contributed by atoms with Crippen molar-refractivity contribution in [2.45, 2.75) is 24.7 Å². The van der Waals surface area contributed by atoms with Crippen LogP contribution in [0.2, 0.25) is 0 Å².